The third kappa shape index (κ3) is 3.28. The summed E-state index contributed by atoms with van der Waals surface area (Å²) in [7, 11) is 0. The van der Waals surface area contributed by atoms with Gasteiger partial charge >= 0.3 is 0 Å². The number of halogens is 3. The van der Waals surface area contributed by atoms with Crippen molar-refractivity contribution in [3.05, 3.63) is 38.5 Å². The second-order valence-corrected chi connectivity index (χ2v) is 5.93. The highest BCUT2D eigenvalue weighted by atomic mass is 79.9. The molecule has 1 unspecified atom stereocenters. The fraction of sp³-hybridized carbons (Fsp3) is 0.333. The maximum atomic E-state index is 6.19. The SMILES string of the molecule is CCCC(N)c1cn(-c2c(Cl)cc(Br)cc2Cl)nn1. The molecule has 2 rings (SSSR count). The monoisotopic (exact) mass is 362 g/mol. The van der Waals surface area contributed by atoms with Crippen molar-refractivity contribution in [1.29, 1.82) is 0 Å². The number of hydrogen-bond donors (Lipinski definition) is 1. The quantitative estimate of drug-likeness (QED) is 0.888. The third-order valence-corrected chi connectivity index (χ3v) is 3.74. The Bertz CT molecular complexity index is 562. The standard InChI is InChI=1S/C12H13BrCl2N4/c1-2-3-10(16)11-6-19(18-17-11)12-8(14)4-7(13)5-9(12)15/h4-6,10H,2-3,16H2,1H3. The predicted octanol–water partition coefficient (Wildman–Crippen LogP) is 4.14. The Hall–Kier alpha value is -0.620. The summed E-state index contributed by atoms with van der Waals surface area (Å²) in [5, 5.41) is 9.12. The van der Waals surface area contributed by atoms with E-state index in [4.69, 9.17) is 28.9 Å². The highest BCUT2D eigenvalue weighted by molar-refractivity contribution is 9.10. The first-order valence-electron chi connectivity index (χ1n) is 5.85. The van der Waals surface area contributed by atoms with Gasteiger partial charge in [0.15, 0.2) is 0 Å². The Labute approximate surface area is 130 Å². The van der Waals surface area contributed by atoms with Crippen LogP contribution in [0.4, 0.5) is 0 Å². The second kappa shape index (κ2) is 6.22. The second-order valence-electron chi connectivity index (χ2n) is 4.20. The van der Waals surface area contributed by atoms with Crippen LogP contribution in [0.25, 0.3) is 5.69 Å². The Kier molecular flexibility index (Phi) is 4.84. The van der Waals surface area contributed by atoms with Crippen LogP contribution in [-0.4, -0.2) is 15.0 Å². The lowest BCUT2D eigenvalue weighted by Gasteiger charge is -2.07. The van der Waals surface area contributed by atoms with E-state index in [1.807, 2.05) is 0 Å². The summed E-state index contributed by atoms with van der Waals surface area (Å²) in [5.41, 5.74) is 7.35. The Balaban J connectivity index is 2.38. The molecule has 2 N–H and O–H groups in total. The van der Waals surface area contributed by atoms with Gasteiger partial charge in [-0.1, -0.05) is 57.7 Å². The van der Waals surface area contributed by atoms with Crippen molar-refractivity contribution in [2.24, 2.45) is 5.73 Å². The minimum Gasteiger partial charge on any atom is -0.323 e. The van der Waals surface area contributed by atoms with Crippen molar-refractivity contribution in [3.8, 4) is 5.69 Å². The van der Waals surface area contributed by atoms with Crippen LogP contribution in [0.15, 0.2) is 22.8 Å². The summed E-state index contributed by atoms with van der Waals surface area (Å²) in [4.78, 5) is 0. The van der Waals surface area contributed by atoms with Crippen molar-refractivity contribution < 1.29 is 0 Å². The fourth-order valence-corrected chi connectivity index (χ4v) is 3.15. The van der Waals surface area contributed by atoms with Crippen LogP contribution >= 0.6 is 39.1 Å². The van der Waals surface area contributed by atoms with Gasteiger partial charge in [0.25, 0.3) is 0 Å². The minimum absolute atomic E-state index is 0.119. The van der Waals surface area contributed by atoms with Crippen LogP contribution in [0.5, 0.6) is 0 Å². The molecule has 1 atom stereocenters. The van der Waals surface area contributed by atoms with Crippen LogP contribution < -0.4 is 5.73 Å². The number of nitrogens with two attached hydrogens (primary N) is 1. The number of rotatable bonds is 4. The number of hydrogen-bond acceptors (Lipinski definition) is 3. The first kappa shape index (κ1) is 14.8. The van der Waals surface area contributed by atoms with Crippen LogP contribution in [0.1, 0.15) is 31.5 Å². The molecule has 0 amide bonds. The Morgan fingerprint density at radius 2 is 2.00 bits per heavy atom. The van der Waals surface area contributed by atoms with Crippen LogP contribution in [0, 0.1) is 0 Å². The molecular formula is C12H13BrCl2N4. The van der Waals surface area contributed by atoms with Gasteiger partial charge in [-0.25, -0.2) is 4.68 Å². The lowest BCUT2D eigenvalue weighted by molar-refractivity contribution is 0.619. The molecule has 0 aliphatic carbocycles. The predicted molar refractivity (Wildman–Crippen MR) is 80.9 cm³/mol. The van der Waals surface area contributed by atoms with Gasteiger partial charge < -0.3 is 5.73 Å². The summed E-state index contributed by atoms with van der Waals surface area (Å²) >= 11 is 15.7. The van der Waals surface area contributed by atoms with E-state index in [1.165, 1.54) is 0 Å². The van der Waals surface area contributed by atoms with E-state index in [2.05, 4.69) is 33.2 Å². The number of aromatic nitrogens is 3. The van der Waals surface area contributed by atoms with Gasteiger partial charge in [-0.05, 0) is 18.6 Å². The minimum atomic E-state index is -0.119. The molecule has 4 nitrogen and oxygen atoms in total. The molecular weight excluding hydrogens is 351 g/mol. The molecule has 0 fully saturated rings. The molecule has 7 heteroatoms. The zero-order chi connectivity index (χ0) is 14.0. The van der Waals surface area contributed by atoms with Gasteiger partial charge in [-0.3, -0.25) is 0 Å². The van der Waals surface area contributed by atoms with Crippen LogP contribution in [0.3, 0.4) is 0 Å². The topological polar surface area (TPSA) is 56.7 Å². The fourth-order valence-electron chi connectivity index (χ4n) is 1.77. The molecule has 0 aliphatic rings. The molecule has 19 heavy (non-hydrogen) atoms. The van der Waals surface area contributed by atoms with Gasteiger partial charge in [-0.15, -0.1) is 5.10 Å². The molecule has 102 valence electrons. The normalized spacial score (nSPS) is 12.7. The van der Waals surface area contributed by atoms with Crippen molar-refractivity contribution in [3.63, 3.8) is 0 Å². The number of benzene rings is 1. The van der Waals surface area contributed by atoms with Crippen molar-refractivity contribution in [2.75, 3.05) is 0 Å². The van der Waals surface area contributed by atoms with Crippen molar-refractivity contribution >= 4 is 39.1 Å². The molecule has 0 saturated heterocycles. The summed E-state index contributed by atoms with van der Waals surface area (Å²) in [6.07, 6.45) is 3.62. The third-order valence-electron chi connectivity index (χ3n) is 2.70. The highest BCUT2D eigenvalue weighted by Crippen LogP contribution is 2.32. The Morgan fingerprint density at radius 1 is 1.37 bits per heavy atom. The summed E-state index contributed by atoms with van der Waals surface area (Å²) in [6.45, 7) is 2.08. The highest BCUT2D eigenvalue weighted by Gasteiger charge is 2.14. The average molecular weight is 364 g/mol. The van der Waals surface area contributed by atoms with Gasteiger partial charge in [0.05, 0.1) is 28.0 Å². The van der Waals surface area contributed by atoms with Gasteiger partial charge in [0.1, 0.15) is 5.69 Å². The summed E-state index contributed by atoms with van der Waals surface area (Å²) in [5.74, 6) is 0. The maximum Gasteiger partial charge on any atom is 0.104 e. The lowest BCUT2D eigenvalue weighted by atomic mass is 10.1. The smallest absolute Gasteiger partial charge is 0.104 e. The van der Waals surface area contributed by atoms with E-state index >= 15 is 0 Å². The van der Waals surface area contributed by atoms with Crippen molar-refractivity contribution in [2.45, 2.75) is 25.8 Å². The first-order valence-corrected chi connectivity index (χ1v) is 7.40. The lowest BCUT2D eigenvalue weighted by Crippen LogP contribution is -2.10. The zero-order valence-corrected chi connectivity index (χ0v) is 13.4. The molecule has 1 aromatic heterocycles. The molecule has 0 saturated carbocycles. The molecule has 0 aliphatic heterocycles. The van der Waals surface area contributed by atoms with E-state index in [0.29, 0.717) is 15.7 Å². The molecule has 0 radical (unpaired) electrons. The molecule has 0 spiro atoms. The maximum absolute atomic E-state index is 6.19. The van der Waals surface area contributed by atoms with E-state index in [0.717, 1.165) is 23.0 Å². The van der Waals surface area contributed by atoms with E-state index in [1.54, 1.807) is 23.0 Å². The van der Waals surface area contributed by atoms with Crippen LogP contribution in [-0.2, 0) is 0 Å². The van der Waals surface area contributed by atoms with Crippen molar-refractivity contribution in [1.82, 2.24) is 15.0 Å². The molecule has 1 heterocycles. The van der Waals surface area contributed by atoms with E-state index in [-0.39, 0.29) is 6.04 Å². The zero-order valence-electron chi connectivity index (χ0n) is 10.3. The van der Waals surface area contributed by atoms with Gasteiger partial charge in [0, 0.05) is 4.47 Å². The Morgan fingerprint density at radius 3 is 2.58 bits per heavy atom. The first-order chi connectivity index (χ1) is 9.02. The van der Waals surface area contributed by atoms with Crippen LogP contribution in [0.2, 0.25) is 10.0 Å². The van der Waals surface area contributed by atoms with Gasteiger partial charge in [0.2, 0.25) is 0 Å². The van der Waals surface area contributed by atoms with E-state index in [9.17, 15) is 0 Å². The average Bonchev–Trinajstić information content (AvgIpc) is 2.77. The largest absolute Gasteiger partial charge is 0.323 e. The molecule has 1 aromatic carbocycles. The molecule has 2 aromatic rings. The van der Waals surface area contributed by atoms with E-state index < -0.39 is 0 Å². The number of nitrogens with zero attached hydrogens (tertiary/aromatic N) is 3. The van der Waals surface area contributed by atoms with Gasteiger partial charge in [-0.2, -0.15) is 0 Å². The molecule has 0 bridgehead atoms. The summed E-state index contributed by atoms with van der Waals surface area (Å²) < 4.78 is 2.37. The summed E-state index contributed by atoms with van der Waals surface area (Å²) in [6, 6.07) is 3.40.